The van der Waals surface area contributed by atoms with Crippen LogP contribution in [-0.4, -0.2) is 165 Å². The van der Waals surface area contributed by atoms with Gasteiger partial charge in [0.25, 0.3) is 37.8 Å². The molecule has 14 rings (SSSR count). The van der Waals surface area contributed by atoms with Crippen LogP contribution in [0.2, 0.25) is 0 Å². The fraction of sp³-hybridized carbons (Fsp3) is 0.187. The predicted octanol–water partition coefficient (Wildman–Crippen LogP) is 17.8. The summed E-state index contributed by atoms with van der Waals surface area (Å²) in [4.78, 5) is 84.1. The number of anilines is 3. The number of carbonyl (C=O) groups excluding carboxylic acids is 5. The van der Waals surface area contributed by atoms with Crippen LogP contribution in [0, 0.1) is 31.3 Å². The summed E-state index contributed by atoms with van der Waals surface area (Å²) in [5, 5.41) is 6.48. The number of H-pyrrole nitrogens is 1. The van der Waals surface area contributed by atoms with E-state index in [1.54, 1.807) is 148 Å². The highest BCUT2D eigenvalue weighted by atomic mass is 32.2. The maximum Gasteiger partial charge on any atom is 0.411 e. The topological polar surface area (TPSA) is 324 Å². The highest BCUT2D eigenvalue weighted by Gasteiger charge is 2.31. The number of nitrogen functional groups attached to an aromatic ring is 1. The lowest BCUT2D eigenvalue weighted by Crippen LogP contribution is -2.26. The molecule has 122 heavy (non-hydrogen) atoms. The number of pyridine rings is 3. The smallest absolute Gasteiger partial charge is 0.411 e. The van der Waals surface area contributed by atoms with Crippen molar-refractivity contribution < 1.29 is 77.7 Å². The van der Waals surface area contributed by atoms with E-state index in [4.69, 9.17) is 29.4 Å². The van der Waals surface area contributed by atoms with Crippen LogP contribution in [0.4, 0.5) is 39.8 Å². The van der Waals surface area contributed by atoms with Gasteiger partial charge in [0.05, 0.1) is 77.1 Å². The summed E-state index contributed by atoms with van der Waals surface area (Å²) in [6.45, 7) is 10.4. The van der Waals surface area contributed by atoms with Gasteiger partial charge in [-0.15, -0.1) is 0 Å². The van der Waals surface area contributed by atoms with E-state index in [1.807, 2.05) is 68.6 Å². The van der Waals surface area contributed by atoms with Gasteiger partial charge in [0.2, 0.25) is 0 Å². The first kappa shape index (κ1) is 87.0. The molecule has 5 amide bonds. The second kappa shape index (κ2) is 36.1. The molecule has 6 aromatic heterocycles. The van der Waals surface area contributed by atoms with Gasteiger partial charge < -0.3 is 49.1 Å². The molecular formula is C91H87F3N12O14S2. The molecular weight excluding hydrogens is 1610 g/mol. The number of carbonyl (C=O) groups is 5. The van der Waals surface area contributed by atoms with Gasteiger partial charge in [0, 0.05) is 146 Å². The zero-order chi connectivity index (χ0) is 88.1. The van der Waals surface area contributed by atoms with E-state index in [2.05, 4.69) is 30.6 Å². The number of methoxy groups -OCH3 is 3. The number of aryl methyl sites for hydroxylation is 2. The number of nitrogens with zero attached hydrogens (tertiary/aromatic N) is 8. The van der Waals surface area contributed by atoms with Crippen molar-refractivity contribution in [1.82, 2.24) is 42.6 Å². The molecule has 26 nitrogen and oxygen atoms in total. The lowest BCUT2D eigenvalue weighted by molar-refractivity contribution is 0.0820. The number of hydrogen-bond donors (Lipinski definition) is 4. The van der Waals surface area contributed by atoms with Gasteiger partial charge in [0.1, 0.15) is 40.3 Å². The average Bonchev–Trinajstić information content (AvgIpc) is 1.59. The first-order valence-corrected chi connectivity index (χ1v) is 40.8. The molecule has 0 unspecified atom stereocenters. The van der Waals surface area contributed by atoms with Crippen molar-refractivity contribution in [1.29, 1.82) is 0 Å². The number of nitrogens with two attached hydrogens (primary N) is 1. The SMILES string of the molecule is COc1ccccc1-c1c[nH]c2ncc(-c3cc(F)c(NC(=O)OC(C)C)c(C(=O)N(C)C)c3)cc12.COc1ccccc1-c1cn(S(=O)(=O)c2ccc(C)cc2)c2ncc(-c3cc(F)c(N)c(C(=O)N(C)C)c3)cc12.COc1ccccc1-c1cn(S(=O)(=O)c2ccc(C)cc2)c2ncc(-c3cc(F)c(NC(=O)OC(C)C)c(C(=O)N(C)C)c3)cc12. The van der Waals surface area contributed by atoms with E-state index in [-0.39, 0.29) is 60.4 Å². The molecule has 0 saturated carbocycles. The Hall–Kier alpha value is -14.3. The number of fused-ring (bicyclic) bond motifs is 3. The largest absolute Gasteiger partial charge is 0.496 e. The van der Waals surface area contributed by atoms with Crippen molar-refractivity contribution in [3.8, 4) is 84.0 Å². The van der Waals surface area contributed by atoms with E-state index in [1.165, 1.54) is 116 Å². The molecule has 14 aromatic rings. The van der Waals surface area contributed by atoms with E-state index in [0.717, 1.165) is 35.6 Å². The number of ether oxygens (including phenoxy) is 5. The van der Waals surface area contributed by atoms with Crippen LogP contribution in [0.25, 0.3) is 99.9 Å². The number of halogens is 3. The monoisotopic (exact) mass is 1690 g/mol. The van der Waals surface area contributed by atoms with E-state index in [9.17, 15) is 45.2 Å². The Bertz CT molecular complexity index is 6650. The van der Waals surface area contributed by atoms with Gasteiger partial charge in [-0.25, -0.2) is 62.5 Å². The second-order valence-corrected chi connectivity index (χ2v) is 33.0. The Morgan fingerprint density at radius 3 is 1.13 bits per heavy atom. The van der Waals surface area contributed by atoms with Crippen molar-refractivity contribution in [3.63, 3.8) is 0 Å². The lowest BCUT2D eigenvalue weighted by Gasteiger charge is -2.18. The molecule has 0 radical (unpaired) electrons. The number of hydrogen-bond acceptors (Lipinski definition) is 18. The number of benzene rings is 8. The van der Waals surface area contributed by atoms with Crippen molar-refractivity contribution in [2.24, 2.45) is 0 Å². The van der Waals surface area contributed by atoms with Crippen LogP contribution in [0.1, 0.15) is 69.9 Å². The summed E-state index contributed by atoms with van der Waals surface area (Å²) >= 11 is 0. The third kappa shape index (κ3) is 18.1. The Morgan fingerprint density at radius 2 is 0.762 bits per heavy atom. The molecule has 0 bridgehead atoms. The number of nitrogens with one attached hydrogen (secondary N) is 3. The first-order chi connectivity index (χ1) is 58.0. The number of aromatic nitrogens is 6. The number of aromatic amines is 1. The normalized spacial score (nSPS) is 11.3. The van der Waals surface area contributed by atoms with Crippen molar-refractivity contribution >= 4 is 100 Å². The van der Waals surface area contributed by atoms with Crippen LogP contribution in [0.15, 0.2) is 223 Å². The highest BCUT2D eigenvalue weighted by molar-refractivity contribution is 7.90. The van der Waals surface area contributed by atoms with Crippen LogP contribution >= 0.6 is 0 Å². The maximum atomic E-state index is 15.7. The molecule has 31 heteroatoms. The molecule has 8 aromatic carbocycles. The Kier molecular flexibility index (Phi) is 25.7. The minimum atomic E-state index is -4.08. The van der Waals surface area contributed by atoms with Gasteiger partial charge in [-0.3, -0.25) is 25.0 Å². The minimum absolute atomic E-state index is 0.00479. The summed E-state index contributed by atoms with van der Waals surface area (Å²) in [6.07, 6.45) is 6.68. The molecule has 0 fully saturated rings. The van der Waals surface area contributed by atoms with Crippen LogP contribution in [-0.2, 0) is 29.5 Å². The highest BCUT2D eigenvalue weighted by Crippen LogP contribution is 2.44. The zero-order valence-electron chi connectivity index (χ0n) is 69.2. The summed E-state index contributed by atoms with van der Waals surface area (Å²) in [6, 6.07) is 48.5. The molecule has 628 valence electrons. The number of amides is 5. The second-order valence-electron chi connectivity index (χ2n) is 29.4. The molecule has 6 heterocycles. The molecule has 0 spiro atoms. The molecule has 0 aliphatic rings. The fourth-order valence-corrected chi connectivity index (χ4v) is 16.1. The van der Waals surface area contributed by atoms with Crippen LogP contribution in [0.5, 0.6) is 17.2 Å². The van der Waals surface area contributed by atoms with Crippen molar-refractivity contribution in [2.75, 3.05) is 80.0 Å². The van der Waals surface area contributed by atoms with Gasteiger partial charge in [-0.1, -0.05) is 90.0 Å². The Morgan fingerprint density at radius 1 is 0.426 bits per heavy atom. The van der Waals surface area contributed by atoms with Crippen LogP contribution < -0.4 is 30.6 Å². The standard InChI is InChI=1S/C34H33FN4O6S.C30H27FN4O4S.C27H27FN4O4/c1-20(2)45-34(41)37-31-27(33(40)38(4)5)15-22(17-29(31)35)23-16-26-28(25-9-7-8-10-30(25)44-6)19-39(32(26)36-18-23)46(42,43)24-13-11-21(3)12-14-24;1-18-9-11-21(12-10-18)40(37,38)35-17-25(22-7-5-6-8-27(22)39-4)23-14-20(16-33-29(23)35)19-13-24(30(36)34(2)3)28(32)26(31)15-19;1-15(2)36-27(34)31-24-20(26(33)32(3)4)10-16(12-22(24)28)17-11-19-21(14-30-25(19)29-13-17)18-8-6-7-9-23(18)35-5/h7-20H,1-6H3,(H,37,41);5-17H,32H2,1-4H3;6-15H,1-5H3,(H,29,30)(H,31,34). The molecule has 0 saturated heterocycles. The Balaban J connectivity index is 0.000000169. The third-order valence-corrected chi connectivity index (χ3v) is 22.8. The summed E-state index contributed by atoms with van der Waals surface area (Å²) in [5.41, 5.74) is 14.4. The summed E-state index contributed by atoms with van der Waals surface area (Å²) < 4.78 is 130. The fourth-order valence-electron chi connectivity index (χ4n) is 13.4. The first-order valence-electron chi connectivity index (χ1n) is 37.9. The quantitative estimate of drug-likeness (QED) is 0.0515. The molecule has 0 aliphatic heterocycles. The van der Waals surface area contributed by atoms with Crippen LogP contribution in [0.3, 0.4) is 0 Å². The van der Waals surface area contributed by atoms with Crippen molar-refractivity contribution in [3.05, 3.63) is 258 Å². The Labute approximate surface area is 702 Å². The van der Waals surface area contributed by atoms with Gasteiger partial charge >= 0.3 is 12.2 Å². The van der Waals surface area contributed by atoms with Gasteiger partial charge in [-0.05, 0) is 155 Å². The zero-order valence-corrected chi connectivity index (χ0v) is 70.8. The number of para-hydroxylation sites is 3. The van der Waals surface area contributed by atoms with Crippen molar-refractivity contribution in [2.45, 2.75) is 63.5 Å². The molecule has 0 aliphatic carbocycles. The summed E-state index contributed by atoms with van der Waals surface area (Å²) in [5.74, 6) is -2.10. The molecule has 0 atom stereocenters. The van der Waals surface area contributed by atoms with Gasteiger partial charge in [0.15, 0.2) is 11.3 Å². The molecule has 5 N–H and O–H groups in total. The predicted molar refractivity (Wildman–Crippen MR) is 464 cm³/mol. The van der Waals surface area contributed by atoms with Gasteiger partial charge in [-0.2, -0.15) is 0 Å². The average molecular weight is 1690 g/mol. The maximum absolute atomic E-state index is 15.7. The minimum Gasteiger partial charge on any atom is -0.496 e. The summed E-state index contributed by atoms with van der Waals surface area (Å²) in [7, 11) is 5.78. The number of rotatable bonds is 20. The van der Waals surface area contributed by atoms with E-state index < -0.39 is 79.6 Å². The van der Waals surface area contributed by atoms with E-state index >= 15 is 8.78 Å². The van der Waals surface area contributed by atoms with E-state index in [0.29, 0.717) is 83.7 Å². The third-order valence-electron chi connectivity index (χ3n) is 19.5. The lowest BCUT2D eigenvalue weighted by atomic mass is 9.99.